The van der Waals surface area contributed by atoms with E-state index in [0.29, 0.717) is 0 Å². The molecule has 0 aromatic rings. The van der Waals surface area contributed by atoms with Gasteiger partial charge in [0.25, 0.3) is 0 Å². The third kappa shape index (κ3) is 5.42. The Morgan fingerprint density at radius 3 is 2.24 bits per heavy atom. The van der Waals surface area contributed by atoms with Crippen LogP contribution in [-0.2, 0) is 0 Å². The third-order valence-corrected chi connectivity index (χ3v) is 4.51. The van der Waals surface area contributed by atoms with Crippen molar-refractivity contribution in [1.29, 1.82) is 0 Å². The van der Waals surface area contributed by atoms with Crippen LogP contribution in [0, 0.1) is 11.8 Å². The number of likely N-dealkylation sites (tertiary alicyclic amines) is 1. The summed E-state index contributed by atoms with van der Waals surface area (Å²) in [6, 6.07) is 0. The van der Waals surface area contributed by atoms with Gasteiger partial charge in [0.1, 0.15) is 0 Å². The molecule has 1 fully saturated rings. The highest BCUT2D eigenvalue weighted by molar-refractivity contribution is 4.78. The van der Waals surface area contributed by atoms with Gasteiger partial charge in [-0.2, -0.15) is 0 Å². The van der Waals surface area contributed by atoms with E-state index in [4.69, 9.17) is 0 Å². The van der Waals surface area contributed by atoms with E-state index in [-0.39, 0.29) is 0 Å². The molecule has 1 nitrogen and oxygen atoms in total. The average molecular weight is 239 g/mol. The van der Waals surface area contributed by atoms with Gasteiger partial charge in [0.15, 0.2) is 0 Å². The summed E-state index contributed by atoms with van der Waals surface area (Å²) in [5.41, 5.74) is 0. The smallest absolute Gasteiger partial charge is 0.00122 e. The Morgan fingerprint density at radius 1 is 1.06 bits per heavy atom. The molecule has 0 aromatic carbocycles. The predicted octanol–water partition coefficient (Wildman–Crippen LogP) is 4.71. The van der Waals surface area contributed by atoms with E-state index in [1.165, 1.54) is 71.0 Å². The normalized spacial score (nSPS) is 22.2. The molecule has 1 heteroatoms. The van der Waals surface area contributed by atoms with Crippen LogP contribution in [0.2, 0.25) is 0 Å². The molecule has 0 N–H and O–H groups in total. The zero-order valence-electron chi connectivity index (χ0n) is 12.4. The quantitative estimate of drug-likeness (QED) is 0.592. The van der Waals surface area contributed by atoms with Crippen molar-refractivity contribution in [3.05, 3.63) is 0 Å². The fourth-order valence-electron chi connectivity index (χ4n) is 3.31. The maximum atomic E-state index is 2.67. The molecule has 0 saturated carbocycles. The van der Waals surface area contributed by atoms with E-state index in [9.17, 15) is 0 Å². The first-order valence-corrected chi connectivity index (χ1v) is 8.04. The van der Waals surface area contributed by atoms with Gasteiger partial charge in [-0.1, -0.05) is 59.3 Å². The Balaban J connectivity index is 2.42. The van der Waals surface area contributed by atoms with Crippen LogP contribution in [0.1, 0.15) is 72.1 Å². The molecule has 102 valence electrons. The maximum Gasteiger partial charge on any atom is 0.00122 e. The first-order valence-electron chi connectivity index (χ1n) is 8.04. The van der Waals surface area contributed by atoms with Gasteiger partial charge in [-0.25, -0.2) is 0 Å². The monoisotopic (exact) mass is 239 g/mol. The van der Waals surface area contributed by atoms with Crippen molar-refractivity contribution in [2.24, 2.45) is 11.8 Å². The Labute approximate surface area is 109 Å². The summed E-state index contributed by atoms with van der Waals surface area (Å²) in [5.74, 6) is 2.02. The number of unbranched alkanes of at least 4 members (excludes halogenated alkanes) is 2. The minimum absolute atomic E-state index is 1.00. The van der Waals surface area contributed by atoms with Crippen molar-refractivity contribution < 1.29 is 0 Å². The van der Waals surface area contributed by atoms with Crippen LogP contribution in [0.25, 0.3) is 0 Å². The van der Waals surface area contributed by atoms with Crippen molar-refractivity contribution in [3.8, 4) is 0 Å². The summed E-state index contributed by atoms with van der Waals surface area (Å²) in [6.45, 7) is 11.0. The van der Waals surface area contributed by atoms with E-state index in [0.717, 1.165) is 11.8 Å². The van der Waals surface area contributed by atoms with Crippen LogP contribution in [0.15, 0.2) is 0 Å². The molecule has 0 amide bonds. The van der Waals surface area contributed by atoms with Crippen LogP contribution >= 0.6 is 0 Å². The molecule has 1 rings (SSSR count). The molecule has 0 bridgehead atoms. The Hall–Kier alpha value is -0.0400. The zero-order valence-corrected chi connectivity index (χ0v) is 12.4. The molecular weight excluding hydrogens is 206 g/mol. The van der Waals surface area contributed by atoms with Crippen molar-refractivity contribution >= 4 is 0 Å². The number of rotatable bonds is 8. The lowest BCUT2D eigenvalue weighted by Crippen LogP contribution is -2.38. The molecular formula is C16H33N. The second kappa shape index (κ2) is 8.97. The van der Waals surface area contributed by atoms with Gasteiger partial charge < -0.3 is 4.90 Å². The minimum Gasteiger partial charge on any atom is -0.303 e. The van der Waals surface area contributed by atoms with Crippen molar-refractivity contribution in [2.45, 2.75) is 72.1 Å². The van der Waals surface area contributed by atoms with Gasteiger partial charge in [0.2, 0.25) is 0 Å². The molecule has 0 spiro atoms. The summed E-state index contributed by atoms with van der Waals surface area (Å²) in [5, 5.41) is 0. The summed E-state index contributed by atoms with van der Waals surface area (Å²) in [7, 11) is 0. The molecule has 1 saturated heterocycles. The Bertz CT molecular complexity index is 170. The number of piperidine rings is 1. The Morgan fingerprint density at radius 2 is 1.71 bits per heavy atom. The van der Waals surface area contributed by atoms with Crippen molar-refractivity contribution in [3.63, 3.8) is 0 Å². The van der Waals surface area contributed by atoms with E-state index in [2.05, 4.69) is 25.7 Å². The average Bonchev–Trinajstić information content (AvgIpc) is 2.39. The first kappa shape index (κ1) is 15.0. The van der Waals surface area contributed by atoms with Crippen LogP contribution in [0.4, 0.5) is 0 Å². The number of nitrogens with zero attached hydrogens (tertiary/aromatic N) is 1. The minimum atomic E-state index is 1.00. The van der Waals surface area contributed by atoms with E-state index in [1.807, 2.05) is 0 Å². The molecule has 1 aliphatic heterocycles. The maximum absolute atomic E-state index is 2.67. The van der Waals surface area contributed by atoms with Gasteiger partial charge in [-0.05, 0) is 37.8 Å². The molecule has 1 atom stereocenters. The number of hydrogen-bond acceptors (Lipinski definition) is 1. The van der Waals surface area contributed by atoms with Crippen LogP contribution in [0.3, 0.4) is 0 Å². The zero-order chi connectivity index (χ0) is 12.5. The van der Waals surface area contributed by atoms with E-state index < -0.39 is 0 Å². The lowest BCUT2D eigenvalue weighted by Gasteiger charge is -2.36. The highest BCUT2D eigenvalue weighted by Gasteiger charge is 2.25. The molecule has 1 unspecified atom stereocenters. The largest absolute Gasteiger partial charge is 0.303 e. The second-order valence-corrected chi connectivity index (χ2v) is 5.84. The lowest BCUT2D eigenvalue weighted by molar-refractivity contribution is 0.128. The van der Waals surface area contributed by atoms with Crippen LogP contribution in [0.5, 0.6) is 0 Å². The van der Waals surface area contributed by atoms with Crippen LogP contribution in [-0.4, -0.2) is 24.5 Å². The van der Waals surface area contributed by atoms with E-state index in [1.54, 1.807) is 0 Å². The molecule has 0 aromatic heterocycles. The molecule has 17 heavy (non-hydrogen) atoms. The fraction of sp³-hybridized carbons (Fsp3) is 1.00. The highest BCUT2D eigenvalue weighted by atomic mass is 15.1. The van der Waals surface area contributed by atoms with Gasteiger partial charge in [-0.15, -0.1) is 0 Å². The van der Waals surface area contributed by atoms with Gasteiger partial charge in [-0.3, -0.25) is 0 Å². The molecule has 1 aliphatic rings. The van der Waals surface area contributed by atoms with Crippen molar-refractivity contribution in [2.75, 3.05) is 19.6 Å². The third-order valence-electron chi connectivity index (χ3n) is 4.51. The van der Waals surface area contributed by atoms with Crippen molar-refractivity contribution in [1.82, 2.24) is 4.90 Å². The topological polar surface area (TPSA) is 3.24 Å². The molecule has 0 radical (unpaired) electrons. The predicted molar refractivity (Wildman–Crippen MR) is 77.4 cm³/mol. The summed E-state index contributed by atoms with van der Waals surface area (Å²) < 4.78 is 0. The standard InChI is InChI=1S/C16H33N/c1-4-7-10-15(11-8-5-2)16-12-9-13-17(6-3)14-16/h15-16H,4-14H2,1-3H3. The van der Waals surface area contributed by atoms with Gasteiger partial charge in [0.05, 0.1) is 0 Å². The summed E-state index contributed by atoms with van der Waals surface area (Å²) in [6.07, 6.45) is 11.5. The highest BCUT2D eigenvalue weighted by Crippen LogP contribution is 2.31. The molecule has 1 heterocycles. The molecule has 0 aliphatic carbocycles. The summed E-state index contributed by atoms with van der Waals surface area (Å²) in [4.78, 5) is 2.67. The first-order chi connectivity index (χ1) is 8.31. The van der Waals surface area contributed by atoms with Gasteiger partial charge >= 0.3 is 0 Å². The Kier molecular flexibility index (Phi) is 7.92. The SMILES string of the molecule is CCCCC(CCCC)C1CCCN(CC)C1. The fourth-order valence-corrected chi connectivity index (χ4v) is 3.31. The lowest BCUT2D eigenvalue weighted by atomic mass is 9.79. The second-order valence-electron chi connectivity index (χ2n) is 5.84. The van der Waals surface area contributed by atoms with Gasteiger partial charge in [0, 0.05) is 6.54 Å². The van der Waals surface area contributed by atoms with Crippen LogP contribution < -0.4 is 0 Å². The number of hydrogen-bond donors (Lipinski definition) is 0. The van der Waals surface area contributed by atoms with E-state index >= 15 is 0 Å². The summed E-state index contributed by atoms with van der Waals surface area (Å²) >= 11 is 0.